The molecule has 0 radical (unpaired) electrons. The Kier molecular flexibility index (Phi) is 5.71. The molecule has 0 atom stereocenters. The highest BCUT2D eigenvalue weighted by molar-refractivity contribution is 5.94. The molecule has 0 bridgehead atoms. The summed E-state index contributed by atoms with van der Waals surface area (Å²) in [6.45, 7) is 11.0. The van der Waals surface area contributed by atoms with Gasteiger partial charge in [-0.15, -0.1) is 10.2 Å². The lowest BCUT2D eigenvalue weighted by Gasteiger charge is -2.35. The SMILES string of the molecule is CCN(CC)c1ccc(N2CCN(C(=O)c3ccc(C)cc3)CC2)nn1. The molecule has 1 aromatic heterocycles. The Morgan fingerprint density at radius 3 is 2.15 bits per heavy atom. The van der Waals surface area contributed by atoms with E-state index < -0.39 is 0 Å². The molecule has 2 aromatic rings. The third-order valence-corrected chi connectivity index (χ3v) is 4.91. The van der Waals surface area contributed by atoms with Crippen LogP contribution < -0.4 is 9.80 Å². The zero-order chi connectivity index (χ0) is 18.5. The molecule has 1 amide bonds. The van der Waals surface area contributed by atoms with Gasteiger partial charge < -0.3 is 14.7 Å². The van der Waals surface area contributed by atoms with E-state index >= 15 is 0 Å². The molecule has 26 heavy (non-hydrogen) atoms. The summed E-state index contributed by atoms with van der Waals surface area (Å²) >= 11 is 0. The Bertz CT molecular complexity index is 717. The summed E-state index contributed by atoms with van der Waals surface area (Å²) in [5.74, 6) is 1.89. The summed E-state index contributed by atoms with van der Waals surface area (Å²) in [7, 11) is 0. The first kappa shape index (κ1) is 18.2. The molecule has 2 heterocycles. The lowest BCUT2D eigenvalue weighted by molar-refractivity contribution is 0.0746. The average molecular weight is 353 g/mol. The van der Waals surface area contributed by atoms with Gasteiger partial charge in [-0.05, 0) is 45.0 Å². The van der Waals surface area contributed by atoms with Crippen LogP contribution in [0.4, 0.5) is 11.6 Å². The molecule has 1 saturated heterocycles. The van der Waals surface area contributed by atoms with Crippen LogP contribution in [-0.2, 0) is 0 Å². The third-order valence-electron chi connectivity index (χ3n) is 4.91. The van der Waals surface area contributed by atoms with Crippen molar-refractivity contribution in [3.8, 4) is 0 Å². The van der Waals surface area contributed by atoms with Crippen LogP contribution in [0.3, 0.4) is 0 Å². The van der Waals surface area contributed by atoms with Crippen molar-refractivity contribution >= 4 is 17.5 Å². The summed E-state index contributed by atoms with van der Waals surface area (Å²) in [6.07, 6.45) is 0. The maximum atomic E-state index is 12.6. The van der Waals surface area contributed by atoms with Crippen molar-refractivity contribution in [2.45, 2.75) is 20.8 Å². The standard InChI is InChI=1S/C20H27N5O/c1-4-23(5-2)18-10-11-19(22-21-18)24-12-14-25(15-13-24)20(26)17-8-6-16(3)7-9-17/h6-11H,4-5,12-15H2,1-3H3. The van der Waals surface area contributed by atoms with E-state index in [1.54, 1.807) is 0 Å². The lowest BCUT2D eigenvalue weighted by atomic mass is 10.1. The van der Waals surface area contributed by atoms with Crippen molar-refractivity contribution in [3.05, 3.63) is 47.5 Å². The largest absolute Gasteiger partial charge is 0.356 e. The molecule has 6 heteroatoms. The van der Waals surface area contributed by atoms with Gasteiger partial charge in [-0.25, -0.2) is 0 Å². The molecule has 138 valence electrons. The van der Waals surface area contributed by atoms with Crippen molar-refractivity contribution in [1.82, 2.24) is 15.1 Å². The Labute approximate surface area is 155 Å². The molecule has 0 aliphatic carbocycles. The van der Waals surface area contributed by atoms with E-state index in [4.69, 9.17) is 0 Å². The van der Waals surface area contributed by atoms with E-state index in [-0.39, 0.29) is 5.91 Å². The molecular weight excluding hydrogens is 326 g/mol. The second kappa shape index (κ2) is 8.17. The monoisotopic (exact) mass is 353 g/mol. The summed E-state index contributed by atoms with van der Waals surface area (Å²) in [5.41, 5.74) is 1.92. The number of nitrogens with zero attached hydrogens (tertiary/aromatic N) is 5. The lowest BCUT2D eigenvalue weighted by Crippen LogP contribution is -2.49. The molecule has 1 aliphatic heterocycles. The molecule has 1 fully saturated rings. The van der Waals surface area contributed by atoms with Gasteiger partial charge >= 0.3 is 0 Å². The average Bonchev–Trinajstić information content (AvgIpc) is 2.70. The highest BCUT2D eigenvalue weighted by Gasteiger charge is 2.23. The summed E-state index contributed by atoms with van der Waals surface area (Å²) in [5, 5.41) is 8.75. The number of anilines is 2. The van der Waals surface area contributed by atoms with Gasteiger partial charge in [-0.1, -0.05) is 17.7 Å². The second-order valence-electron chi connectivity index (χ2n) is 6.57. The predicted octanol–water partition coefficient (Wildman–Crippen LogP) is 2.59. The number of benzene rings is 1. The molecule has 0 N–H and O–H groups in total. The molecule has 0 saturated carbocycles. The Morgan fingerprint density at radius 1 is 0.962 bits per heavy atom. The number of carbonyl (C=O) groups excluding carboxylic acids is 1. The Balaban J connectivity index is 1.59. The van der Waals surface area contributed by atoms with Crippen molar-refractivity contribution in [2.24, 2.45) is 0 Å². The quantitative estimate of drug-likeness (QED) is 0.827. The fourth-order valence-corrected chi connectivity index (χ4v) is 3.22. The zero-order valence-corrected chi connectivity index (χ0v) is 15.9. The van der Waals surface area contributed by atoms with Gasteiger partial charge in [0.25, 0.3) is 5.91 Å². The minimum absolute atomic E-state index is 0.104. The number of amides is 1. The maximum Gasteiger partial charge on any atom is 0.253 e. The fourth-order valence-electron chi connectivity index (χ4n) is 3.22. The topological polar surface area (TPSA) is 52.6 Å². The zero-order valence-electron chi connectivity index (χ0n) is 15.9. The van der Waals surface area contributed by atoms with Gasteiger partial charge in [0.15, 0.2) is 11.6 Å². The number of rotatable bonds is 5. The first-order valence-electron chi connectivity index (χ1n) is 9.32. The highest BCUT2D eigenvalue weighted by atomic mass is 16.2. The predicted molar refractivity (Wildman–Crippen MR) is 105 cm³/mol. The van der Waals surface area contributed by atoms with Crippen LogP contribution in [0.15, 0.2) is 36.4 Å². The van der Waals surface area contributed by atoms with E-state index in [0.29, 0.717) is 13.1 Å². The van der Waals surface area contributed by atoms with Crippen molar-refractivity contribution in [3.63, 3.8) is 0 Å². The van der Waals surface area contributed by atoms with Crippen LogP contribution in [0.5, 0.6) is 0 Å². The fraction of sp³-hybridized carbons (Fsp3) is 0.450. The molecular formula is C20H27N5O. The second-order valence-corrected chi connectivity index (χ2v) is 6.57. The number of piperazine rings is 1. The molecule has 6 nitrogen and oxygen atoms in total. The molecule has 1 aliphatic rings. The minimum atomic E-state index is 0.104. The molecule has 3 rings (SSSR count). The minimum Gasteiger partial charge on any atom is -0.356 e. The number of hydrogen-bond acceptors (Lipinski definition) is 5. The number of hydrogen-bond donors (Lipinski definition) is 0. The van der Waals surface area contributed by atoms with E-state index in [1.807, 2.05) is 48.2 Å². The highest BCUT2D eigenvalue weighted by Crippen LogP contribution is 2.17. The smallest absolute Gasteiger partial charge is 0.253 e. The Hall–Kier alpha value is -2.63. The summed E-state index contributed by atoms with van der Waals surface area (Å²) in [4.78, 5) is 18.9. The van der Waals surface area contributed by atoms with Gasteiger partial charge in [0.1, 0.15) is 0 Å². The van der Waals surface area contributed by atoms with Crippen molar-refractivity contribution in [1.29, 1.82) is 0 Å². The van der Waals surface area contributed by atoms with Crippen molar-refractivity contribution in [2.75, 3.05) is 49.1 Å². The van der Waals surface area contributed by atoms with Crippen LogP contribution in [0.1, 0.15) is 29.8 Å². The van der Waals surface area contributed by atoms with Crippen LogP contribution in [0.2, 0.25) is 0 Å². The third kappa shape index (κ3) is 3.95. The van der Waals surface area contributed by atoms with Gasteiger partial charge in [0.2, 0.25) is 0 Å². The van der Waals surface area contributed by atoms with Crippen molar-refractivity contribution < 1.29 is 4.79 Å². The van der Waals surface area contributed by atoms with Gasteiger partial charge in [0.05, 0.1) is 0 Å². The van der Waals surface area contributed by atoms with Gasteiger partial charge in [-0.2, -0.15) is 0 Å². The van der Waals surface area contributed by atoms with Gasteiger partial charge in [0, 0.05) is 44.8 Å². The van der Waals surface area contributed by atoms with Crippen LogP contribution in [-0.4, -0.2) is 60.3 Å². The van der Waals surface area contributed by atoms with Crippen LogP contribution in [0.25, 0.3) is 0 Å². The summed E-state index contributed by atoms with van der Waals surface area (Å²) < 4.78 is 0. The number of aryl methyl sites for hydroxylation is 1. The number of aromatic nitrogens is 2. The normalized spacial score (nSPS) is 14.4. The maximum absolute atomic E-state index is 12.6. The molecule has 0 spiro atoms. The summed E-state index contributed by atoms with van der Waals surface area (Å²) in [6, 6.07) is 11.8. The van der Waals surface area contributed by atoms with E-state index in [9.17, 15) is 4.79 Å². The van der Waals surface area contributed by atoms with E-state index in [1.165, 1.54) is 0 Å². The molecule has 0 unspecified atom stereocenters. The van der Waals surface area contributed by atoms with E-state index in [2.05, 4.69) is 33.8 Å². The first-order valence-corrected chi connectivity index (χ1v) is 9.32. The van der Waals surface area contributed by atoms with Gasteiger partial charge in [-0.3, -0.25) is 4.79 Å². The Morgan fingerprint density at radius 2 is 1.62 bits per heavy atom. The molecule has 1 aromatic carbocycles. The first-order chi connectivity index (χ1) is 12.6. The number of carbonyl (C=O) groups is 1. The van der Waals surface area contributed by atoms with E-state index in [0.717, 1.165) is 48.9 Å². The van der Waals surface area contributed by atoms with Crippen LogP contribution in [0, 0.1) is 6.92 Å². The van der Waals surface area contributed by atoms with Crippen LogP contribution >= 0.6 is 0 Å².